The van der Waals surface area contributed by atoms with Crippen molar-refractivity contribution >= 4 is 11.0 Å². The van der Waals surface area contributed by atoms with E-state index < -0.39 is 6.61 Å². The molecule has 0 unspecified atom stereocenters. The van der Waals surface area contributed by atoms with Crippen molar-refractivity contribution in [1.82, 2.24) is 14.5 Å². The van der Waals surface area contributed by atoms with E-state index in [4.69, 9.17) is 0 Å². The van der Waals surface area contributed by atoms with Crippen LogP contribution in [-0.4, -0.2) is 21.1 Å². The summed E-state index contributed by atoms with van der Waals surface area (Å²) in [5.74, 6) is 0.915. The van der Waals surface area contributed by atoms with Crippen LogP contribution in [0.3, 0.4) is 0 Å². The van der Waals surface area contributed by atoms with Crippen molar-refractivity contribution in [3.05, 3.63) is 82.0 Å². The second-order valence-electron chi connectivity index (χ2n) is 6.84. The van der Waals surface area contributed by atoms with Crippen LogP contribution in [0.2, 0.25) is 0 Å². The average Bonchev–Trinajstić information content (AvgIpc) is 3.00. The van der Waals surface area contributed by atoms with E-state index in [1.54, 1.807) is 31.3 Å². The average molecular weight is 395 g/mol. The van der Waals surface area contributed by atoms with Gasteiger partial charge in [-0.15, -0.1) is 0 Å². The molecule has 29 heavy (non-hydrogen) atoms. The summed E-state index contributed by atoms with van der Waals surface area (Å²) in [4.78, 5) is 19.0. The first kappa shape index (κ1) is 18.9. The Bertz CT molecular complexity index is 1240. The van der Waals surface area contributed by atoms with Gasteiger partial charge in [0.1, 0.15) is 11.6 Å². The molecule has 0 aliphatic heterocycles. The highest BCUT2D eigenvalue weighted by Crippen LogP contribution is 2.27. The van der Waals surface area contributed by atoms with Gasteiger partial charge in [-0.3, -0.25) is 4.79 Å². The largest absolute Gasteiger partial charge is 0.434 e. The SMILES string of the molecule is Cc1cc(-c2ccc3nc(C)n(Cc4ccccc4OC(F)F)c3c2)c[nH]c1=O. The van der Waals surface area contributed by atoms with Crippen LogP contribution in [0.15, 0.2) is 59.5 Å². The highest BCUT2D eigenvalue weighted by molar-refractivity contribution is 5.82. The van der Waals surface area contributed by atoms with E-state index in [9.17, 15) is 13.6 Å². The van der Waals surface area contributed by atoms with Crippen molar-refractivity contribution in [2.75, 3.05) is 0 Å². The predicted molar refractivity (Wildman–Crippen MR) is 107 cm³/mol. The minimum absolute atomic E-state index is 0.119. The first-order valence-corrected chi connectivity index (χ1v) is 9.11. The molecule has 2 heterocycles. The van der Waals surface area contributed by atoms with Gasteiger partial charge in [-0.25, -0.2) is 4.98 Å². The number of ether oxygens (including phenoxy) is 1. The maximum atomic E-state index is 12.7. The molecule has 0 bridgehead atoms. The van der Waals surface area contributed by atoms with E-state index >= 15 is 0 Å². The molecule has 148 valence electrons. The molecular formula is C22H19F2N3O2. The van der Waals surface area contributed by atoms with Crippen molar-refractivity contribution in [3.63, 3.8) is 0 Å². The van der Waals surface area contributed by atoms with Gasteiger partial charge in [0.15, 0.2) is 0 Å². The van der Waals surface area contributed by atoms with Gasteiger partial charge in [-0.2, -0.15) is 8.78 Å². The molecule has 0 amide bonds. The number of aromatic amines is 1. The lowest BCUT2D eigenvalue weighted by Crippen LogP contribution is -2.08. The second-order valence-corrected chi connectivity index (χ2v) is 6.84. The fourth-order valence-electron chi connectivity index (χ4n) is 3.40. The molecule has 5 nitrogen and oxygen atoms in total. The lowest BCUT2D eigenvalue weighted by atomic mass is 10.1. The number of fused-ring (bicyclic) bond motifs is 1. The van der Waals surface area contributed by atoms with Gasteiger partial charge in [0.25, 0.3) is 5.56 Å². The Hall–Kier alpha value is -3.48. The van der Waals surface area contributed by atoms with E-state index in [-0.39, 0.29) is 11.3 Å². The summed E-state index contributed by atoms with van der Waals surface area (Å²) in [6, 6.07) is 14.4. The number of hydrogen-bond acceptors (Lipinski definition) is 3. The number of H-pyrrole nitrogens is 1. The lowest BCUT2D eigenvalue weighted by Gasteiger charge is -2.13. The standard InChI is InChI=1S/C22H19F2N3O2/c1-13-9-17(11-25-21(13)28)15-7-8-18-19(10-15)27(14(2)26-18)12-16-5-3-4-6-20(16)29-22(23)24/h3-11,22H,12H2,1-2H3,(H,25,28). The van der Waals surface area contributed by atoms with Gasteiger partial charge in [-0.1, -0.05) is 24.3 Å². The number of imidazole rings is 1. The highest BCUT2D eigenvalue weighted by atomic mass is 19.3. The van der Waals surface area contributed by atoms with Crippen LogP contribution in [0, 0.1) is 13.8 Å². The number of nitrogens with one attached hydrogen (secondary N) is 1. The second kappa shape index (κ2) is 7.50. The number of halogens is 2. The molecular weight excluding hydrogens is 376 g/mol. The third-order valence-electron chi connectivity index (χ3n) is 4.88. The fourth-order valence-corrected chi connectivity index (χ4v) is 3.40. The minimum atomic E-state index is -2.88. The number of nitrogens with zero attached hydrogens (tertiary/aromatic N) is 2. The quantitative estimate of drug-likeness (QED) is 0.535. The van der Waals surface area contributed by atoms with Crippen molar-refractivity contribution in [2.24, 2.45) is 0 Å². The van der Waals surface area contributed by atoms with Gasteiger partial charge in [0, 0.05) is 17.3 Å². The molecule has 4 aromatic rings. The van der Waals surface area contributed by atoms with Gasteiger partial charge in [0.2, 0.25) is 0 Å². The number of hydrogen-bond donors (Lipinski definition) is 1. The zero-order valence-electron chi connectivity index (χ0n) is 15.9. The number of rotatable bonds is 5. The van der Waals surface area contributed by atoms with E-state index in [0.717, 1.165) is 28.0 Å². The van der Waals surface area contributed by atoms with E-state index in [0.29, 0.717) is 17.7 Å². The molecule has 1 N–H and O–H groups in total. The molecule has 0 saturated carbocycles. The number of para-hydroxylation sites is 1. The monoisotopic (exact) mass is 395 g/mol. The third-order valence-corrected chi connectivity index (χ3v) is 4.88. The van der Waals surface area contributed by atoms with E-state index in [1.807, 2.05) is 35.8 Å². The predicted octanol–water partition coefficient (Wildman–Crippen LogP) is 4.66. The van der Waals surface area contributed by atoms with Crippen molar-refractivity contribution in [2.45, 2.75) is 27.0 Å². The molecule has 2 aromatic heterocycles. The van der Waals surface area contributed by atoms with Gasteiger partial charge in [-0.05, 0) is 49.2 Å². The summed E-state index contributed by atoms with van der Waals surface area (Å²) in [5, 5.41) is 0. The Balaban J connectivity index is 1.78. The Kier molecular flexibility index (Phi) is 4.88. The van der Waals surface area contributed by atoms with E-state index in [2.05, 4.69) is 14.7 Å². The summed E-state index contributed by atoms with van der Waals surface area (Å²) in [6.45, 7) is 1.10. The topological polar surface area (TPSA) is 59.9 Å². The van der Waals surface area contributed by atoms with Crippen molar-refractivity contribution < 1.29 is 13.5 Å². The molecule has 0 saturated heterocycles. The maximum absolute atomic E-state index is 12.7. The van der Waals surface area contributed by atoms with Gasteiger partial charge < -0.3 is 14.3 Å². The molecule has 0 spiro atoms. The number of benzene rings is 2. The first-order valence-electron chi connectivity index (χ1n) is 9.11. The zero-order valence-corrected chi connectivity index (χ0v) is 15.9. The summed E-state index contributed by atoms with van der Waals surface area (Å²) in [5.41, 5.74) is 4.64. The van der Waals surface area contributed by atoms with Crippen molar-refractivity contribution in [3.8, 4) is 16.9 Å². The number of alkyl halides is 2. The van der Waals surface area contributed by atoms with Gasteiger partial charge in [0.05, 0.1) is 17.6 Å². The number of pyridine rings is 1. The molecule has 0 aliphatic rings. The third kappa shape index (κ3) is 3.76. The summed E-state index contributed by atoms with van der Waals surface area (Å²) in [7, 11) is 0. The van der Waals surface area contributed by atoms with Crippen molar-refractivity contribution in [1.29, 1.82) is 0 Å². The summed E-state index contributed by atoms with van der Waals surface area (Å²) < 4.78 is 32.1. The normalized spacial score (nSPS) is 11.3. The Morgan fingerprint density at radius 3 is 2.66 bits per heavy atom. The molecule has 4 rings (SSSR count). The zero-order chi connectivity index (χ0) is 20.5. The summed E-state index contributed by atoms with van der Waals surface area (Å²) in [6.07, 6.45) is 1.68. The Morgan fingerprint density at radius 2 is 1.90 bits per heavy atom. The first-order chi connectivity index (χ1) is 13.9. The minimum Gasteiger partial charge on any atom is -0.434 e. The molecule has 0 aliphatic carbocycles. The molecule has 7 heteroatoms. The maximum Gasteiger partial charge on any atom is 0.387 e. The Morgan fingerprint density at radius 1 is 1.10 bits per heavy atom. The lowest BCUT2D eigenvalue weighted by molar-refractivity contribution is -0.0504. The molecule has 2 aromatic carbocycles. The molecule has 0 atom stereocenters. The van der Waals surface area contributed by atoms with Crippen LogP contribution in [0.25, 0.3) is 22.2 Å². The van der Waals surface area contributed by atoms with Crippen LogP contribution < -0.4 is 10.3 Å². The number of aromatic nitrogens is 3. The van der Waals surface area contributed by atoms with E-state index in [1.165, 1.54) is 6.07 Å². The van der Waals surface area contributed by atoms with Crippen LogP contribution >= 0.6 is 0 Å². The highest BCUT2D eigenvalue weighted by Gasteiger charge is 2.14. The number of aryl methyl sites for hydroxylation is 2. The summed E-state index contributed by atoms with van der Waals surface area (Å²) >= 11 is 0. The van der Waals surface area contributed by atoms with Crippen LogP contribution in [-0.2, 0) is 6.54 Å². The van der Waals surface area contributed by atoms with Crippen LogP contribution in [0.1, 0.15) is 17.0 Å². The smallest absolute Gasteiger partial charge is 0.387 e. The van der Waals surface area contributed by atoms with Gasteiger partial charge >= 0.3 is 6.61 Å². The molecule has 0 radical (unpaired) electrons. The Labute approximate surface area is 165 Å². The molecule has 0 fully saturated rings. The fraction of sp³-hybridized carbons (Fsp3) is 0.182. The van der Waals surface area contributed by atoms with Crippen LogP contribution in [0.5, 0.6) is 5.75 Å². The van der Waals surface area contributed by atoms with Crippen LogP contribution in [0.4, 0.5) is 8.78 Å².